The van der Waals surface area contributed by atoms with Crippen molar-refractivity contribution >= 4 is 105 Å². The number of carboxylic acids is 6. The van der Waals surface area contributed by atoms with Crippen molar-refractivity contribution in [2.75, 3.05) is 31.9 Å². The quantitative estimate of drug-likeness (QED) is 0.0380. The largest absolute Gasteiger partial charge is 0.478 e. The lowest BCUT2D eigenvalue weighted by Gasteiger charge is -2.13. The second-order valence-corrected chi connectivity index (χ2v) is 24.6. The van der Waals surface area contributed by atoms with E-state index in [1.165, 1.54) is 36.4 Å². The zero-order valence-corrected chi connectivity index (χ0v) is 61.6. The van der Waals surface area contributed by atoms with Crippen LogP contribution in [0, 0.1) is 83.1 Å². The molecule has 552 valence electrons. The molecule has 0 unspecified atom stereocenters. The van der Waals surface area contributed by atoms with Gasteiger partial charge in [-0.15, -0.1) is 0 Å². The Labute approximate surface area is 625 Å². The average molecular weight is 1450 g/mol. The van der Waals surface area contributed by atoms with Crippen molar-refractivity contribution in [1.82, 2.24) is 29.9 Å². The van der Waals surface area contributed by atoms with E-state index in [4.69, 9.17) is 30.6 Å². The summed E-state index contributed by atoms with van der Waals surface area (Å²) in [4.78, 5) is 91.1. The fraction of sp³-hybridized carbons (Fsp3) is 0.143. The maximum Gasteiger partial charge on any atom is 0.339 e. The summed E-state index contributed by atoms with van der Waals surface area (Å²) in [5, 5.41) is 73.2. The Morgan fingerprint density at radius 2 is 0.306 bits per heavy atom. The van der Waals surface area contributed by atoms with Gasteiger partial charge >= 0.3 is 35.8 Å². The van der Waals surface area contributed by atoms with Crippen LogP contribution in [0.3, 0.4) is 0 Å². The molecule has 0 fully saturated rings. The summed E-state index contributed by atoms with van der Waals surface area (Å²) < 4.78 is 0. The summed E-state index contributed by atoms with van der Waals surface area (Å²) in [6, 6.07) is 54.3. The first-order valence-electron chi connectivity index (χ1n) is 33.7. The average Bonchev–Trinajstić information content (AvgIpc) is 0.859. The molecule has 6 aromatic heterocycles. The topological polar surface area (TPSA) is 373 Å². The van der Waals surface area contributed by atoms with Gasteiger partial charge in [-0.25, -0.2) is 58.7 Å². The number of hydrogen-bond donors (Lipinski definition) is 12. The summed E-state index contributed by atoms with van der Waals surface area (Å²) in [6.07, 6.45) is 9.43. The van der Waals surface area contributed by atoms with E-state index in [0.29, 0.717) is 34.9 Å². The maximum absolute atomic E-state index is 11.1. The molecule has 0 aliphatic heterocycles. The van der Waals surface area contributed by atoms with Gasteiger partial charge in [-0.3, -0.25) is 0 Å². The minimum atomic E-state index is -0.989. The normalized spacial score (nSPS) is 10.1. The van der Waals surface area contributed by atoms with Gasteiger partial charge in [0.05, 0.1) is 0 Å². The van der Waals surface area contributed by atoms with Gasteiger partial charge < -0.3 is 62.5 Å². The highest BCUT2D eigenvalue weighted by atomic mass is 16.4. The molecule has 0 atom stereocenters. The van der Waals surface area contributed by atoms with E-state index in [9.17, 15) is 28.8 Å². The number of carboxylic acid groups (broad SMARTS) is 6. The molecule has 12 rings (SSSR count). The van der Waals surface area contributed by atoms with Crippen molar-refractivity contribution < 1.29 is 59.4 Å². The van der Waals surface area contributed by atoms with Gasteiger partial charge in [0.2, 0.25) is 0 Å². The number of pyridine rings is 6. The molecule has 0 aliphatic rings. The highest BCUT2D eigenvalue weighted by Crippen LogP contribution is 2.31. The third-order valence-corrected chi connectivity index (χ3v) is 16.6. The molecule has 0 amide bonds. The van der Waals surface area contributed by atoms with Crippen LogP contribution in [0.5, 0.6) is 0 Å². The molecule has 24 nitrogen and oxygen atoms in total. The van der Waals surface area contributed by atoms with Gasteiger partial charge in [0, 0.05) is 71.3 Å². The van der Waals surface area contributed by atoms with Crippen molar-refractivity contribution in [1.29, 1.82) is 0 Å². The van der Waals surface area contributed by atoms with Crippen LogP contribution in [0.2, 0.25) is 0 Å². The summed E-state index contributed by atoms with van der Waals surface area (Å²) >= 11 is 0. The van der Waals surface area contributed by atoms with Crippen molar-refractivity contribution in [3.63, 3.8) is 0 Å². The first-order chi connectivity index (χ1) is 51.6. The first-order valence-corrected chi connectivity index (χ1v) is 33.7. The molecule has 12 N–H and O–H groups in total. The molecular formula is C84H84N12O12. The van der Waals surface area contributed by atoms with E-state index in [2.05, 4.69) is 61.8 Å². The van der Waals surface area contributed by atoms with Gasteiger partial charge in [0.15, 0.2) is 0 Å². The summed E-state index contributed by atoms with van der Waals surface area (Å²) in [6.45, 7) is 23.7. The molecule has 0 radical (unpaired) electrons. The zero-order chi connectivity index (χ0) is 78.7. The van der Waals surface area contributed by atoms with Crippen LogP contribution >= 0.6 is 0 Å². The number of nitrogens with one attached hydrogen (secondary N) is 6. The van der Waals surface area contributed by atoms with Gasteiger partial charge in [-0.05, 0) is 223 Å². The van der Waals surface area contributed by atoms with E-state index in [1.54, 1.807) is 73.6 Å². The fourth-order valence-electron chi connectivity index (χ4n) is 10.8. The Morgan fingerprint density at radius 3 is 0.407 bits per heavy atom. The number of rotatable bonds is 18. The molecule has 0 spiro atoms. The van der Waals surface area contributed by atoms with Crippen LogP contribution in [0.25, 0.3) is 0 Å². The van der Waals surface area contributed by atoms with E-state index >= 15 is 0 Å². The number of aromatic nitrogens is 6. The minimum Gasteiger partial charge on any atom is -0.478 e. The highest BCUT2D eigenvalue weighted by Gasteiger charge is 2.19. The van der Waals surface area contributed by atoms with E-state index in [-0.39, 0.29) is 33.4 Å². The maximum atomic E-state index is 11.1. The zero-order valence-electron chi connectivity index (χ0n) is 61.6. The lowest BCUT2D eigenvalue weighted by Crippen LogP contribution is -2.06. The third kappa shape index (κ3) is 22.4. The minimum absolute atomic E-state index is 0.167. The molecule has 0 saturated carbocycles. The molecule has 0 bridgehead atoms. The van der Waals surface area contributed by atoms with Crippen molar-refractivity contribution in [2.45, 2.75) is 83.1 Å². The Morgan fingerprint density at radius 1 is 0.194 bits per heavy atom. The van der Waals surface area contributed by atoms with Crippen LogP contribution in [-0.2, 0) is 0 Å². The Balaban J connectivity index is 0.000000180. The second-order valence-electron chi connectivity index (χ2n) is 24.6. The molecule has 6 heterocycles. The predicted molar refractivity (Wildman–Crippen MR) is 422 cm³/mol. The standard InChI is InChI=1S/6C14H14N2O2/c6*1-9-5-3-6-10(2)12(9)16-13-11(14(17)18)7-4-8-15-13/h6*3-8H,1-2H3,(H,15,16)(H,17,18). The van der Waals surface area contributed by atoms with Gasteiger partial charge in [-0.2, -0.15) is 0 Å². The van der Waals surface area contributed by atoms with Crippen LogP contribution < -0.4 is 31.9 Å². The number of aryl methyl sites for hydroxylation is 12. The SMILES string of the molecule is Cc1cccc(C)c1Nc1ncccc1C(=O)O.Cc1cccc(C)c1Nc1ncccc1C(=O)O.Cc1cccc(C)c1Nc1ncccc1C(=O)O.Cc1cccc(C)c1Nc1ncccc1C(=O)O.Cc1cccc(C)c1Nc1ncccc1C(=O)O.Cc1cccc(C)c1Nc1ncccc1C(=O)O. The number of anilines is 12. The number of nitrogens with zero attached hydrogens (tertiary/aromatic N) is 6. The van der Waals surface area contributed by atoms with E-state index < -0.39 is 35.8 Å². The van der Waals surface area contributed by atoms with E-state index in [1.807, 2.05) is 192 Å². The summed E-state index contributed by atoms with van der Waals surface area (Å²) in [7, 11) is 0. The van der Waals surface area contributed by atoms with Crippen LogP contribution in [-0.4, -0.2) is 96.4 Å². The van der Waals surface area contributed by atoms with Crippen molar-refractivity contribution in [3.05, 3.63) is 319 Å². The fourth-order valence-corrected chi connectivity index (χ4v) is 10.8. The van der Waals surface area contributed by atoms with Gasteiger partial charge in [0.25, 0.3) is 0 Å². The number of benzene rings is 6. The Kier molecular flexibility index (Phi) is 29.2. The molecule has 108 heavy (non-hydrogen) atoms. The predicted octanol–water partition coefficient (Wildman–Crippen LogP) is 18.8. The second kappa shape index (κ2) is 38.9. The number of carbonyl (C=O) groups is 6. The Bertz CT molecular complexity index is 4270. The molecular weight excluding hydrogens is 1370 g/mol. The molecule has 0 aliphatic carbocycles. The summed E-state index contributed by atoms with van der Waals surface area (Å²) in [5.74, 6) is -3.75. The number of para-hydroxylation sites is 6. The lowest BCUT2D eigenvalue weighted by molar-refractivity contribution is 0.0686. The number of hydrogen-bond acceptors (Lipinski definition) is 18. The van der Waals surface area contributed by atoms with Crippen molar-refractivity contribution in [2.24, 2.45) is 0 Å². The van der Waals surface area contributed by atoms with Crippen LogP contribution in [0.4, 0.5) is 69.0 Å². The molecule has 24 heteroatoms. The molecule has 6 aromatic carbocycles. The first kappa shape index (κ1) is 81.1. The van der Waals surface area contributed by atoms with Crippen LogP contribution in [0.15, 0.2) is 219 Å². The van der Waals surface area contributed by atoms with Crippen LogP contribution in [0.1, 0.15) is 129 Å². The summed E-state index contributed by atoms with van der Waals surface area (Å²) in [5.41, 5.74) is 19.0. The third-order valence-electron chi connectivity index (χ3n) is 16.6. The molecule has 0 saturated heterocycles. The van der Waals surface area contributed by atoms with E-state index in [0.717, 1.165) is 101 Å². The monoisotopic (exact) mass is 1450 g/mol. The molecule has 12 aromatic rings. The smallest absolute Gasteiger partial charge is 0.339 e. The number of aromatic carboxylic acids is 6. The van der Waals surface area contributed by atoms with Gasteiger partial charge in [-0.1, -0.05) is 109 Å². The van der Waals surface area contributed by atoms with Gasteiger partial charge in [0.1, 0.15) is 68.3 Å². The highest BCUT2D eigenvalue weighted by molar-refractivity contribution is 5.98. The lowest BCUT2D eigenvalue weighted by atomic mass is 10.1. The van der Waals surface area contributed by atoms with Crippen molar-refractivity contribution in [3.8, 4) is 0 Å². The Hall–Kier alpha value is -14.2.